The highest BCUT2D eigenvalue weighted by molar-refractivity contribution is 7.09. The van der Waals surface area contributed by atoms with Crippen LogP contribution in [0.5, 0.6) is 0 Å². The average molecular weight is 291 g/mol. The van der Waals surface area contributed by atoms with Crippen molar-refractivity contribution < 1.29 is 8.78 Å². The van der Waals surface area contributed by atoms with Gasteiger partial charge in [0.15, 0.2) is 0 Å². The molecule has 0 saturated heterocycles. The van der Waals surface area contributed by atoms with Crippen LogP contribution >= 0.6 is 23.7 Å². The third-order valence-corrected chi connectivity index (χ3v) is 3.26. The van der Waals surface area contributed by atoms with Gasteiger partial charge in [-0.1, -0.05) is 0 Å². The maximum Gasteiger partial charge on any atom is 0.135 e. The Kier molecular flexibility index (Phi) is 5.65. The molecule has 18 heavy (non-hydrogen) atoms. The Balaban J connectivity index is 0.00000162. The van der Waals surface area contributed by atoms with E-state index < -0.39 is 11.6 Å². The molecule has 1 aromatic carbocycles. The molecule has 0 unspecified atom stereocenters. The largest absolute Gasteiger partial charge is 0.319 e. The van der Waals surface area contributed by atoms with E-state index in [-0.39, 0.29) is 12.4 Å². The molecule has 0 aliphatic heterocycles. The molecule has 0 saturated carbocycles. The van der Waals surface area contributed by atoms with E-state index in [2.05, 4.69) is 10.3 Å². The first-order valence-electron chi connectivity index (χ1n) is 5.25. The highest BCUT2D eigenvalue weighted by atomic mass is 35.5. The normalized spacial score (nSPS) is 10.2. The van der Waals surface area contributed by atoms with Crippen LogP contribution in [-0.2, 0) is 6.42 Å². The fourth-order valence-corrected chi connectivity index (χ4v) is 2.28. The SMILES string of the molecule is CNCCc1nc(-c2ccc(F)cc2F)cs1.Cl. The zero-order chi connectivity index (χ0) is 12.3. The number of hydrogen-bond acceptors (Lipinski definition) is 3. The third kappa shape index (κ3) is 3.48. The lowest BCUT2D eigenvalue weighted by Crippen LogP contribution is -2.09. The van der Waals surface area contributed by atoms with Crippen LogP contribution in [0.3, 0.4) is 0 Å². The number of thiazole rings is 1. The molecule has 98 valence electrons. The lowest BCUT2D eigenvalue weighted by molar-refractivity contribution is 0.585. The number of benzene rings is 1. The topological polar surface area (TPSA) is 24.9 Å². The number of aromatic nitrogens is 1. The second kappa shape index (κ2) is 6.78. The molecular weight excluding hydrogens is 278 g/mol. The van der Waals surface area contributed by atoms with Crippen LogP contribution in [0.1, 0.15) is 5.01 Å². The van der Waals surface area contributed by atoms with Crippen LogP contribution in [0.15, 0.2) is 23.6 Å². The fourth-order valence-electron chi connectivity index (χ4n) is 1.48. The standard InChI is InChI=1S/C12H12F2N2S.ClH/c1-15-5-4-12-16-11(7-17-12)9-3-2-8(13)6-10(9)14;/h2-3,6-7,15H,4-5H2,1H3;1H. The number of rotatable bonds is 4. The molecule has 0 aliphatic rings. The number of nitrogens with one attached hydrogen (secondary N) is 1. The van der Waals surface area contributed by atoms with E-state index in [1.807, 2.05) is 7.05 Å². The third-order valence-electron chi connectivity index (χ3n) is 2.35. The van der Waals surface area contributed by atoms with Gasteiger partial charge >= 0.3 is 0 Å². The van der Waals surface area contributed by atoms with Gasteiger partial charge in [-0.3, -0.25) is 0 Å². The van der Waals surface area contributed by atoms with Crippen molar-refractivity contribution in [2.45, 2.75) is 6.42 Å². The molecule has 0 atom stereocenters. The van der Waals surface area contributed by atoms with Crippen molar-refractivity contribution in [2.75, 3.05) is 13.6 Å². The molecule has 1 aromatic heterocycles. The lowest BCUT2D eigenvalue weighted by atomic mass is 10.1. The molecule has 0 bridgehead atoms. The zero-order valence-electron chi connectivity index (χ0n) is 9.74. The van der Waals surface area contributed by atoms with Crippen molar-refractivity contribution in [1.29, 1.82) is 0 Å². The van der Waals surface area contributed by atoms with Crippen LogP contribution in [0.4, 0.5) is 8.78 Å². The number of halogens is 3. The van der Waals surface area contributed by atoms with Gasteiger partial charge in [0, 0.05) is 30.0 Å². The molecule has 0 amide bonds. The van der Waals surface area contributed by atoms with Crippen molar-refractivity contribution >= 4 is 23.7 Å². The van der Waals surface area contributed by atoms with Crippen molar-refractivity contribution in [3.63, 3.8) is 0 Å². The highest BCUT2D eigenvalue weighted by Gasteiger charge is 2.10. The molecule has 0 spiro atoms. The first-order valence-corrected chi connectivity index (χ1v) is 6.13. The average Bonchev–Trinajstić information content (AvgIpc) is 2.75. The summed E-state index contributed by atoms with van der Waals surface area (Å²) >= 11 is 1.49. The van der Waals surface area contributed by atoms with Crippen LogP contribution in [-0.4, -0.2) is 18.6 Å². The van der Waals surface area contributed by atoms with Crippen molar-refractivity contribution in [3.05, 3.63) is 40.2 Å². The summed E-state index contributed by atoms with van der Waals surface area (Å²) in [5.74, 6) is -1.15. The van der Waals surface area contributed by atoms with E-state index in [0.717, 1.165) is 24.0 Å². The predicted octanol–water partition coefficient (Wildman–Crippen LogP) is 3.27. The second-order valence-electron chi connectivity index (χ2n) is 3.60. The Morgan fingerprint density at radius 3 is 2.78 bits per heavy atom. The van der Waals surface area contributed by atoms with E-state index in [9.17, 15) is 8.78 Å². The summed E-state index contributed by atoms with van der Waals surface area (Å²) in [4.78, 5) is 4.32. The van der Waals surface area contributed by atoms with Gasteiger partial charge in [-0.2, -0.15) is 0 Å². The fraction of sp³-hybridized carbons (Fsp3) is 0.250. The van der Waals surface area contributed by atoms with Crippen LogP contribution < -0.4 is 5.32 Å². The minimum Gasteiger partial charge on any atom is -0.319 e. The molecule has 2 aromatic rings. The van der Waals surface area contributed by atoms with Crippen LogP contribution in [0.25, 0.3) is 11.3 Å². The summed E-state index contributed by atoms with van der Waals surface area (Å²) in [7, 11) is 1.87. The summed E-state index contributed by atoms with van der Waals surface area (Å²) in [6, 6.07) is 3.54. The zero-order valence-corrected chi connectivity index (χ0v) is 11.4. The van der Waals surface area contributed by atoms with Crippen molar-refractivity contribution in [1.82, 2.24) is 10.3 Å². The molecule has 0 radical (unpaired) electrons. The first-order chi connectivity index (χ1) is 8.20. The van der Waals surface area contributed by atoms with Crippen LogP contribution in [0.2, 0.25) is 0 Å². The van der Waals surface area contributed by atoms with Crippen LogP contribution in [0, 0.1) is 11.6 Å². The maximum absolute atomic E-state index is 13.5. The summed E-state index contributed by atoms with van der Waals surface area (Å²) in [6.07, 6.45) is 0.810. The summed E-state index contributed by atoms with van der Waals surface area (Å²) in [5, 5.41) is 5.76. The van der Waals surface area contributed by atoms with Gasteiger partial charge in [0.1, 0.15) is 11.6 Å². The minimum atomic E-state index is -0.574. The van der Waals surface area contributed by atoms with E-state index in [1.54, 1.807) is 5.38 Å². The Bertz CT molecular complexity index is 517. The Hall–Kier alpha value is -1.04. The molecule has 0 aliphatic carbocycles. The molecular formula is C12H13ClF2N2S. The quantitative estimate of drug-likeness (QED) is 0.935. The molecule has 2 rings (SSSR count). The van der Waals surface area contributed by atoms with Gasteiger partial charge in [-0.05, 0) is 19.2 Å². The molecule has 1 heterocycles. The van der Waals surface area contributed by atoms with E-state index in [1.165, 1.54) is 23.5 Å². The monoisotopic (exact) mass is 290 g/mol. The number of likely N-dealkylation sites (N-methyl/N-ethyl adjacent to an activating group) is 1. The lowest BCUT2D eigenvalue weighted by Gasteiger charge is -1.99. The minimum absolute atomic E-state index is 0. The second-order valence-corrected chi connectivity index (χ2v) is 4.55. The molecule has 0 fully saturated rings. The van der Waals surface area contributed by atoms with Crippen molar-refractivity contribution in [2.24, 2.45) is 0 Å². The molecule has 1 N–H and O–H groups in total. The highest BCUT2D eigenvalue weighted by Crippen LogP contribution is 2.25. The van der Waals surface area contributed by atoms with E-state index in [0.29, 0.717) is 11.3 Å². The van der Waals surface area contributed by atoms with Gasteiger partial charge < -0.3 is 5.32 Å². The molecule has 6 heteroatoms. The smallest absolute Gasteiger partial charge is 0.135 e. The Labute approximate surface area is 114 Å². The maximum atomic E-state index is 13.5. The van der Waals surface area contributed by atoms with Gasteiger partial charge in [0.2, 0.25) is 0 Å². The Morgan fingerprint density at radius 1 is 1.33 bits per heavy atom. The summed E-state index contributed by atoms with van der Waals surface area (Å²) in [6.45, 7) is 0.832. The predicted molar refractivity (Wildman–Crippen MR) is 72.3 cm³/mol. The van der Waals surface area contributed by atoms with Gasteiger partial charge in [-0.15, -0.1) is 23.7 Å². The number of hydrogen-bond donors (Lipinski definition) is 1. The summed E-state index contributed by atoms with van der Waals surface area (Å²) < 4.78 is 26.3. The van der Waals surface area contributed by atoms with E-state index in [4.69, 9.17) is 0 Å². The van der Waals surface area contributed by atoms with Gasteiger partial charge in [-0.25, -0.2) is 13.8 Å². The van der Waals surface area contributed by atoms with Gasteiger partial charge in [0.25, 0.3) is 0 Å². The molecule has 2 nitrogen and oxygen atoms in total. The first kappa shape index (κ1) is 15.0. The van der Waals surface area contributed by atoms with Gasteiger partial charge in [0.05, 0.1) is 10.7 Å². The summed E-state index contributed by atoms with van der Waals surface area (Å²) in [5.41, 5.74) is 0.914. The number of nitrogens with zero attached hydrogens (tertiary/aromatic N) is 1. The van der Waals surface area contributed by atoms with Crippen molar-refractivity contribution in [3.8, 4) is 11.3 Å². The van der Waals surface area contributed by atoms with E-state index >= 15 is 0 Å². The Morgan fingerprint density at radius 2 is 2.11 bits per heavy atom.